The summed E-state index contributed by atoms with van der Waals surface area (Å²) in [5, 5.41) is 9.47. The molecule has 3 aromatic rings. The molecule has 0 unspecified atom stereocenters. The molecule has 0 aliphatic heterocycles. The van der Waals surface area contributed by atoms with Crippen LogP contribution in [0.2, 0.25) is 0 Å². The number of hydrogen-bond acceptors (Lipinski definition) is 6. The number of fused-ring (bicyclic) bond motifs is 3. The molecule has 0 aliphatic carbocycles. The van der Waals surface area contributed by atoms with Crippen molar-refractivity contribution in [3.63, 3.8) is 0 Å². The molecular formula is C15H17N5O3S. The topological polar surface area (TPSA) is 90.5 Å². The van der Waals surface area contributed by atoms with Crippen LogP contribution in [0, 0.1) is 0 Å². The highest BCUT2D eigenvalue weighted by Crippen LogP contribution is 2.21. The van der Waals surface area contributed by atoms with Crippen LogP contribution in [0.3, 0.4) is 0 Å². The average Bonchev–Trinajstić information content (AvgIpc) is 3.01. The molecule has 0 spiro atoms. The third kappa shape index (κ3) is 2.87. The summed E-state index contributed by atoms with van der Waals surface area (Å²) in [6.07, 6.45) is 0.805. The van der Waals surface area contributed by atoms with E-state index >= 15 is 0 Å². The monoisotopic (exact) mass is 347 g/mol. The Labute approximate surface area is 141 Å². The molecular weight excluding hydrogens is 330 g/mol. The highest BCUT2D eigenvalue weighted by molar-refractivity contribution is 7.99. The zero-order valence-corrected chi connectivity index (χ0v) is 14.2. The Balaban J connectivity index is 2.16. The highest BCUT2D eigenvalue weighted by Gasteiger charge is 2.17. The summed E-state index contributed by atoms with van der Waals surface area (Å²) in [7, 11) is 1.38. The molecule has 24 heavy (non-hydrogen) atoms. The predicted molar refractivity (Wildman–Crippen MR) is 90.9 cm³/mol. The third-order valence-electron chi connectivity index (χ3n) is 3.47. The van der Waals surface area contributed by atoms with Gasteiger partial charge in [-0.25, -0.2) is 5.48 Å². The lowest BCUT2D eigenvalue weighted by molar-refractivity contribution is -0.128. The van der Waals surface area contributed by atoms with E-state index < -0.39 is 0 Å². The van der Waals surface area contributed by atoms with Gasteiger partial charge in [0.05, 0.1) is 23.8 Å². The number of nitrogens with one attached hydrogen (secondary N) is 1. The Morgan fingerprint density at radius 1 is 1.33 bits per heavy atom. The molecule has 1 aromatic carbocycles. The normalized spacial score (nSPS) is 11.2. The van der Waals surface area contributed by atoms with Gasteiger partial charge in [-0.15, -0.1) is 10.2 Å². The Hall–Kier alpha value is -2.39. The van der Waals surface area contributed by atoms with Gasteiger partial charge in [0.15, 0.2) is 5.16 Å². The SMILES string of the molecule is CCCn1c(=O)c2ccccc2n2c(SCC(=O)NOC)nnc12. The van der Waals surface area contributed by atoms with Crippen molar-refractivity contribution >= 4 is 34.3 Å². The Morgan fingerprint density at radius 2 is 2.12 bits per heavy atom. The first-order valence-corrected chi connectivity index (χ1v) is 8.47. The second-order valence-corrected chi connectivity index (χ2v) is 6.05. The maximum absolute atomic E-state index is 12.7. The molecule has 0 radical (unpaired) electrons. The van der Waals surface area contributed by atoms with Crippen molar-refractivity contribution in [2.75, 3.05) is 12.9 Å². The number of carbonyl (C=O) groups is 1. The largest absolute Gasteiger partial charge is 0.277 e. The van der Waals surface area contributed by atoms with Crippen molar-refractivity contribution in [2.45, 2.75) is 25.0 Å². The Morgan fingerprint density at radius 3 is 2.88 bits per heavy atom. The molecule has 0 fully saturated rings. The maximum atomic E-state index is 12.7. The molecule has 126 valence electrons. The molecule has 0 bridgehead atoms. The fourth-order valence-corrected chi connectivity index (χ4v) is 3.25. The number of benzene rings is 1. The van der Waals surface area contributed by atoms with Gasteiger partial charge in [0.25, 0.3) is 11.5 Å². The van der Waals surface area contributed by atoms with E-state index in [-0.39, 0.29) is 17.2 Å². The number of nitrogens with zero attached hydrogens (tertiary/aromatic N) is 4. The summed E-state index contributed by atoms with van der Waals surface area (Å²) in [6.45, 7) is 2.55. The van der Waals surface area contributed by atoms with E-state index in [2.05, 4.69) is 20.5 Å². The highest BCUT2D eigenvalue weighted by atomic mass is 32.2. The first-order valence-electron chi connectivity index (χ1n) is 7.48. The van der Waals surface area contributed by atoms with E-state index in [1.807, 2.05) is 29.5 Å². The summed E-state index contributed by atoms with van der Waals surface area (Å²) >= 11 is 1.23. The zero-order chi connectivity index (χ0) is 17.1. The van der Waals surface area contributed by atoms with Gasteiger partial charge in [-0.2, -0.15) is 0 Å². The van der Waals surface area contributed by atoms with E-state index in [0.29, 0.717) is 22.9 Å². The zero-order valence-electron chi connectivity index (χ0n) is 13.4. The summed E-state index contributed by atoms with van der Waals surface area (Å²) in [6, 6.07) is 7.32. The summed E-state index contributed by atoms with van der Waals surface area (Å²) in [5.41, 5.74) is 2.91. The fraction of sp³-hybridized carbons (Fsp3) is 0.333. The molecule has 1 N–H and O–H groups in total. The van der Waals surface area contributed by atoms with E-state index in [4.69, 9.17) is 0 Å². The molecule has 2 aromatic heterocycles. The third-order valence-corrected chi connectivity index (χ3v) is 4.40. The van der Waals surface area contributed by atoms with E-state index in [0.717, 1.165) is 11.9 Å². The number of hydroxylamine groups is 1. The van der Waals surface area contributed by atoms with Crippen molar-refractivity contribution in [1.82, 2.24) is 24.6 Å². The van der Waals surface area contributed by atoms with Crippen LogP contribution in [-0.4, -0.2) is 37.9 Å². The lowest BCUT2D eigenvalue weighted by Gasteiger charge is -2.10. The minimum absolute atomic E-state index is 0.0824. The average molecular weight is 347 g/mol. The molecule has 2 heterocycles. The molecule has 1 amide bonds. The van der Waals surface area contributed by atoms with Crippen LogP contribution in [-0.2, 0) is 16.2 Å². The van der Waals surface area contributed by atoms with E-state index in [9.17, 15) is 9.59 Å². The van der Waals surface area contributed by atoms with Crippen molar-refractivity contribution < 1.29 is 9.63 Å². The molecule has 0 atom stereocenters. The number of carbonyl (C=O) groups excluding carboxylic acids is 1. The number of amides is 1. The lowest BCUT2D eigenvalue weighted by atomic mass is 10.2. The van der Waals surface area contributed by atoms with E-state index in [1.165, 1.54) is 18.9 Å². The van der Waals surface area contributed by atoms with Crippen LogP contribution in [0.5, 0.6) is 0 Å². The van der Waals surface area contributed by atoms with Gasteiger partial charge >= 0.3 is 0 Å². The number of hydrogen-bond donors (Lipinski definition) is 1. The van der Waals surface area contributed by atoms with Crippen LogP contribution in [0.25, 0.3) is 16.7 Å². The maximum Gasteiger partial charge on any atom is 0.262 e. The number of rotatable bonds is 6. The van der Waals surface area contributed by atoms with Crippen LogP contribution < -0.4 is 11.0 Å². The standard InChI is InChI=1S/C15H17N5O3S/c1-3-8-19-13(22)10-6-4-5-7-11(10)20-14(19)16-17-15(20)24-9-12(21)18-23-2/h4-7H,3,8-9H2,1-2H3,(H,18,21). The molecule has 8 nitrogen and oxygen atoms in total. The molecule has 0 aliphatic rings. The Kier molecular flexibility index (Phi) is 4.81. The van der Waals surface area contributed by atoms with Gasteiger partial charge in [-0.1, -0.05) is 30.8 Å². The number of aromatic nitrogens is 4. The molecule has 9 heteroatoms. The number of aryl methyl sites for hydroxylation is 1. The van der Waals surface area contributed by atoms with Gasteiger partial charge in [0.1, 0.15) is 0 Å². The minimum atomic E-state index is -0.273. The first-order chi connectivity index (χ1) is 11.7. The molecule has 3 rings (SSSR count). The smallest absolute Gasteiger partial charge is 0.262 e. The van der Waals surface area contributed by atoms with Crippen LogP contribution in [0.4, 0.5) is 0 Å². The minimum Gasteiger partial charge on any atom is -0.277 e. The quantitative estimate of drug-likeness (QED) is 0.533. The van der Waals surface area contributed by atoms with Gasteiger partial charge in [0, 0.05) is 6.54 Å². The van der Waals surface area contributed by atoms with Crippen LogP contribution >= 0.6 is 11.8 Å². The molecule has 0 saturated carbocycles. The number of thioether (sulfide) groups is 1. The van der Waals surface area contributed by atoms with Gasteiger partial charge in [0.2, 0.25) is 5.78 Å². The Bertz CT molecular complexity index is 949. The van der Waals surface area contributed by atoms with Crippen molar-refractivity contribution in [3.05, 3.63) is 34.6 Å². The van der Waals surface area contributed by atoms with Crippen LogP contribution in [0.1, 0.15) is 13.3 Å². The summed E-state index contributed by atoms with van der Waals surface area (Å²) in [4.78, 5) is 28.9. The van der Waals surface area contributed by atoms with Crippen molar-refractivity contribution in [2.24, 2.45) is 0 Å². The van der Waals surface area contributed by atoms with Gasteiger partial charge in [-0.05, 0) is 18.6 Å². The van der Waals surface area contributed by atoms with Gasteiger partial charge in [-0.3, -0.25) is 23.4 Å². The number of para-hydroxylation sites is 1. The van der Waals surface area contributed by atoms with Crippen molar-refractivity contribution in [1.29, 1.82) is 0 Å². The molecule has 0 saturated heterocycles. The van der Waals surface area contributed by atoms with E-state index in [1.54, 1.807) is 10.6 Å². The summed E-state index contributed by atoms with van der Waals surface area (Å²) in [5.74, 6) is 0.344. The van der Waals surface area contributed by atoms with Crippen molar-refractivity contribution in [3.8, 4) is 0 Å². The summed E-state index contributed by atoms with van der Waals surface area (Å²) < 4.78 is 3.44. The van der Waals surface area contributed by atoms with Crippen LogP contribution in [0.15, 0.2) is 34.2 Å². The second kappa shape index (κ2) is 7.02. The lowest BCUT2D eigenvalue weighted by Crippen LogP contribution is -2.24. The fourth-order valence-electron chi connectivity index (χ4n) is 2.53. The first kappa shape index (κ1) is 16.5. The second-order valence-electron chi connectivity index (χ2n) is 5.11. The van der Waals surface area contributed by atoms with Gasteiger partial charge < -0.3 is 0 Å². The predicted octanol–water partition coefficient (Wildman–Crippen LogP) is 1.22.